The minimum absolute atomic E-state index is 0.249. The zero-order valence-electron chi connectivity index (χ0n) is 10.8. The lowest BCUT2D eigenvalue weighted by molar-refractivity contribution is -0.130. The molecule has 5 heteroatoms. The Hall–Kier alpha value is -0.770. The summed E-state index contributed by atoms with van der Waals surface area (Å²) in [7, 11) is 0. The molecule has 1 fully saturated rings. The molecule has 0 unspecified atom stereocenters. The largest absolute Gasteiger partial charge is 0.343 e. The van der Waals surface area contributed by atoms with E-state index in [0.717, 1.165) is 31.5 Å². The third-order valence-corrected chi connectivity index (χ3v) is 4.03. The number of rotatable bonds is 5. The van der Waals surface area contributed by atoms with Crippen molar-refractivity contribution in [3.8, 4) is 0 Å². The number of carbonyl (C=O) groups is 1. The highest BCUT2D eigenvalue weighted by molar-refractivity contribution is 6.42. The van der Waals surface area contributed by atoms with Crippen LogP contribution in [0.5, 0.6) is 0 Å². The SMILES string of the molecule is O=C(CCNCc1ccc(Cl)c(Cl)c1)N1CCCC1. The van der Waals surface area contributed by atoms with Gasteiger partial charge in [0.25, 0.3) is 0 Å². The average Bonchev–Trinajstić information content (AvgIpc) is 2.92. The van der Waals surface area contributed by atoms with Gasteiger partial charge in [-0.1, -0.05) is 29.3 Å². The molecule has 3 nitrogen and oxygen atoms in total. The van der Waals surface area contributed by atoms with Crippen LogP contribution in [0.25, 0.3) is 0 Å². The molecule has 1 saturated heterocycles. The first-order chi connectivity index (χ1) is 9.16. The number of hydrogen-bond donors (Lipinski definition) is 1. The molecule has 1 heterocycles. The van der Waals surface area contributed by atoms with Crippen LogP contribution in [0, 0.1) is 0 Å². The van der Waals surface area contributed by atoms with Crippen LogP contribution in [-0.4, -0.2) is 30.4 Å². The number of likely N-dealkylation sites (tertiary alicyclic amines) is 1. The van der Waals surface area contributed by atoms with Crippen LogP contribution < -0.4 is 5.32 Å². The van der Waals surface area contributed by atoms with Crippen molar-refractivity contribution < 1.29 is 4.79 Å². The topological polar surface area (TPSA) is 32.3 Å². The predicted molar refractivity (Wildman–Crippen MR) is 78.6 cm³/mol. The number of nitrogens with one attached hydrogen (secondary N) is 1. The Morgan fingerprint density at radius 1 is 1.21 bits per heavy atom. The molecule has 0 aliphatic carbocycles. The second kappa shape index (κ2) is 7.13. The van der Waals surface area contributed by atoms with E-state index >= 15 is 0 Å². The summed E-state index contributed by atoms with van der Waals surface area (Å²) in [6.07, 6.45) is 2.84. The van der Waals surface area contributed by atoms with Crippen molar-refractivity contribution in [1.29, 1.82) is 0 Å². The van der Waals surface area contributed by atoms with Gasteiger partial charge in [0.05, 0.1) is 10.0 Å². The summed E-state index contributed by atoms with van der Waals surface area (Å²) in [5, 5.41) is 4.38. The zero-order chi connectivity index (χ0) is 13.7. The monoisotopic (exact) mass is 300 g/mol. The fourth-order valence-corrected chi connectivity index (χ4v) is 2.52. The van der Waals surface area contributed by atoms with Crippen molar-refractivity contribution in [2.45, 2.75) is 25.8 Å². The quantitative estimate of drug-likeness (QED) is 0.848. The second-order valence-corrected chi connectivity index (χ2v) is 5.58. The Balaban J connectivity index is 1.68. The van der Waals surface area contributed by atoms with Gasteiger partial charge in [0.2, 0.25) is 5.91 Å². The molecule has 0 radical (unpaired) electrons. The van der Waals surface area contributed by atoms with Gasteiger partial charge < -0.3 is 10.2 Å². The first kappa shape index (κ1) is 14.6. The van der Waals surface area contributed by atoms with Crippen LogP contribution in [0.4, 0.5) is 0 Å². The van der Waals surface area contributed by atoms with Crippen molar-refractivity contribution in [1.82, 2.24) is 10.2 Å². The van der Waals surface area contributed by atoms with Crippen LogP contribution in [0.15, 0.2) is 18.2 Å². The summed E-state index contributed by atoms with van der Waals surface area (Å²) in [5.41, 5.74) is 1.07. The van der Waals surface area contributed by atoms with Gasteiger partial charge in [-0.25, -0.2) is 0 Å². The number of hydrogen-bond acceptors (Lipinski definition) is 2. The summed E-state index contributed by atoms with van der Waals surface area (Å²) < 4.78 is 0. The van der Waals surface area contributed by atoms with Crippen LogP contribution in [0.3, 0.4) is 0 Å². The lowest BCUT2D eigenvalue weighted by Crippen LogP contribution is -2.30. The van der Waals surface area contributed by atoms with Crippen LogP contribution >= 0.6 is 23.2 Å². The normalized spacial score (nSPS) is 14.9. The third-order valence-electron chi connectivity index (χ3n) is 3.29. The molecule has 0 atom stereocenters. The lowest BCUT2D eigenvalue weighted by atomic mass is 10.2. The summed E-state index contributed by atoms with van der Waals surface area (Å²) in [5.74, 6) is 0.249. The molecule has 104 valence electrons. The molecule has 1 aromatic rings. The molecular weight excluding hydrogens is 283 g/mol. The zero-order valence-corrected chi connectivity index (χ0v) is 12.3. The van der Waals surface area contributed by atoms with Gasteiger partial charge in [-0.3, -0.25) is 4.79 Å². The Morgan fingerprint density at radius 2 is 1.95 bits per heavy atom. The molecular formula is C14H18Cl2N2O. The molecule has 1 aliphatic rings. The molecule has 1 aliphatic heterocycles. The van der Waals surface area contributed by atoms with Crippen LogP contribution in [0.1, 0.15) is 24.8 Å². The maximum Gasteiger partial charge on any atom is 0.223 e. The molecule has 0 saturated carbocycles. The van der Waals surface area contributed by atoms with E-state index in [9.17, 15) is 4.79 Å². The van der Waals surface area contributed by atoms with Crippen molar-refractivity contribution >= 4 is 29.1 Å². The Kier molecular flexibility index (Phi) is 5.49. The number of halogens is 2. The van der Waals surface area contributed by atoms with Crippen molar-refractivity contribution in [3.63, 3.8) is 0 Å². The van der Waals surface area contributed by atoms with Crippen LogP contribution in [-0.2, 0) is 11.3 Å². The van der Waals surface area contributed by atoms with E-state index < -0.39 is 0 Å². The smallest absolute Gasteiger partial charge is 0.223 e. The fraction of sp³-hybridized carbons (Fsp3) is 0.500. The van der Waals surface area contributed by atoms with E-state index in [1.807, 2.05) is 17.0 Å². The first-order valence-electron chi connectivity index (χ1n) is 6.59. The molecule has 0 spiro atoms. The van der Waals surface area contributed by atoms with Crippen molar-refractivity contribution in [3.05, 3.63) is 33.8 Å². The molecule has 0 bridgehead atoms. The predicted octanol–water partition coefficient (Wildman–Crippen LogP) is 3.10. The van der Waals surface area contributed by atoms with Gasteiger partial charge >= 0.3 is 0 Å². The van der Waals surface area contributed by atoms with Gasteiger partial charge in [-0.05, 0) is 30.5 Å². The average molecular weight is 301 g/mol. The minimum atomic E-state index is 0.249. The molecule has 0 aromatic heterocycles. The summed E-state index contributed by atoms with van der Waals surface area (Å²) in [6.45, 7) is 3.23. The molecule has 1 amide bonds. The Labute approximate surface area is 123 Å². The number of carbonyl (C=O) groups excluding carboxylic acids is 1. The van der Waals surface area contributed by atoms with Gasteiger partial charge in [0.1, 0.15) is 0 Å². The van der Waals surface area contributed by atoms with E-state index in [-0.39, 0.29) is 5.91 Å². The van der Waals surface area contributed by atoms with E-state index in [1.165, 1.54) is 0 Å². The molecule has 1 N–H and O–H groups in total. The summed E-state index contributed by atoms with van der Waals surface area (Å²) in [6, 6.07) is 5.57. The maximum absolute atomic E-state index is 11.8. The van der Waals surface area contributed by atoms with E-state index in [1.54, 1.807) is 6.07 Å². The summed E-state index contributed by atoms with van der Waals surface area (Å²) >= 11 is 11.8. The van der Waals surface area contributed by atoms with Crippen LogP contribution in [0.2, 0.25) is 10.0 Å². The van der Waals surface area contributed by atoms with Crippen molar-refractivity contribution in [2.75, 3.05) is 19.6 Å². The highest BCUT2D eigenvalue weighted by Crippen LogP contribution is 2.22. The van der Waals surface area contributed by atoms with E-state index in [2.05, 4.69) is 5.32 Å². The standard InChI is InChI=1S/C14H18Cl2N2O/c15-12-4-3-11(9-13(12)16)10-17-6-5-14(19)18-7-1-2-8-18/h3-4,9,17H,1-2,5-8,10H2. The van der Waals surface area contributed by atoms with Gasteiger partial charge in [0.15, 0.2) is 0 Å². The van der Waals surface area contributed by atoms with Gasteiger partial charge in [-0.2, -0.15) is 0 Å². The summed E-state index contributed by atoms with van der Waals surface area (Å²) in [4.78, 5) is 13.7. The Morgan fingerprint density at radius 3 is 2.63 bits per heavy atom. The molecule has 19 heavy (non-hydrogen) atoms. The third kappa shape index (κ3) is 4.37. The highest BCUT2D eigenvalue weighted by Gasteiger charge is 2.16. The number of nitrogens with zero attached hydrogens (tertiary/aromatic N) is 1. The maximum atomic E-state index is 11.8. The Bertz CT molecular complexity index is 445. The van der Waals surface area contributed by atoms with Gasteiger partial charge in [-0.15, -0.1) is 0 Å². The first-order valence-corrected chi connectivity index (χ1v) is 7.35. The number of amides is 1. The van der Waals surface area contributed by atoms with E-state index in [4.69, 9.17) is 23.2 Å². The highest BCUT2D eigenvalue weighted by atomic mass is 35.5. The molecule has 2 rings (SSSR count). The fourth-order valence-electron chi connectivity index (χ4n) is 2.20. The second-order valence-electron chi connectivity index (χ2n) is 4.76. The van der Waals surface area contributed by atoms with Gasteiger partial charge in [0, 0.05) is 32.6 Å². The van der Waals surface area contributed by atoms with Crippen molar-refractivity contribution in [2.24, 2.45) is 0 Å². The minimum Gasteiger partial charge on any atom is -0.343 e. The molecule has 1 aromatic carbocycles. The number of benzene rings is 1. The van der Waals surface area contributed by atoms with E-state index in [0.29, 0.717) is 29.6 Å². The lowest BCUT2D eigenvalue weighted by Gasteiger charge is -2.15.